The van der Waals surface area contributed by atoms with Crippen LogP contribution in [-0.2, 0) is 10.5 Å². The molecule has 134 valence electrons. The highest BCUT2D eigenvalue weighted by Crippen LogP contribution is 2.13. The van der Waals surface area contributed by atoms with Crippen molar-refractivity contribution in [3.05, 3.63) is 29.8 Å². The van der Waals surface area contributed by atoms with Crippen molar-refractivity contribution in [3.63, 3.8) is 0 Å². The maximum atomic E-state index is 12.9. The lowest BCUT2D eigenvalue weighted by atomic mass is 10.2. The molecule has 3 N–H and O–H groups in total. The van der Waals surface area contributed by atoms with Gasteiger partial charge in [0.05, 0.1) is 0 Å². The first-order valence-electron chi connectivity index (χ1n) is 7.91. The average molecular weight is 356 g/mol. The summed E-state index contributed by atoms with van der Waals surface area (Å²) < 4.78 is 12.9. The number of unbranched alkanes of at least 4 members (excludes halogenated alkanes) is 1. The van der Waals surface area contributed by atoms with Gasteiger partial charge in [-0.15, -0.1) is 0 Å². The Kier molecular flexibility index (Phi) is 9.83. The molecule has 1 unspecified atom stereocenters. The van der Waals surface area contributed by atoms with E-state index in [9.17, 15) is 14.0 Å². The van der Waals surface area contributed by atoms with Crippen LogP contribution in [0, 0.1) is 5.95 Å². The van der Waals surface area contributed by atoms with Gasteiger partial charge in [-0.3, -0.25) is 4.79 Å². The molecule has 1 rings (SSSR count). The number of aromatic nitrogens is 1. The lowest BCUT2D eigenvalue weighted by molar-refractivity contribution is -0.137. The van der Waals surface area contributed by atoms with Crippen LogP contribution < -0.4 is 10.6 Å². The number of aliphatic carboxylic acids is 1. The van der Waals surface area contributed by atoms with E-state index < -0.39 is 11.9 Å². The van der Waals surface area contributed by atoms with Gasteiger partial charge in [-0.2, -0.15) is 16.2 Å². The van der Waals surface area contributed by atoms with Crippen molar-refractivity contribution < 1.29 is 19.1 Å². The monoisotopic (exact) mass is 356 g/mol. The van der Waals surface area contributed by atoms with Gasteiger partial charge in [0.1, 0.15) is 0 Å². The highest BCUT2D eigenvalue weighted by atomic mass is 32.2. The van der Waals surface area contributed by atoms with E-state index in [1.165, 1.54) is 12.3 Å². The number of carboxylic acids is 1. The Bertz CT molecular complexity index is 531. The minimum Gasteiger partial charge on any atom is -0.481 e. The second kappa shape index (κ2) is 11.7. The number of hydrogen-bond donors (Lipinski definition) is 3. The molecule has 1 atom stereocenters. The molecule has 1 aromatic rings. The highest BCUT2D eigenvalue weighted by molar-refractivity contribution is 7.98. The smallest absolute Gasteiger partial charge is 0.314 e. The highest BCUT2D eigenvalue weighted by Gasteiger charge is 2.08. The van der Waals surface area contributed by atoms with Crippen molar-refractivity contribution in [1.82, 2.24) is 15.6 Å². The molecule has 0 spiro atoms. The van der Waals surface area contributed by atoms with Crippen LogP contribution in [0.2, 0.25) is 0 Å². The molecule has 0 saturated heterocycles. The molecule has 8 heteroatoms. The third kappa shape index (κ3) is 10.0. The molecule has 0 fully saturated rings. The van der Waals surface area contributed by atoms with Gasteiger partial charge in [-0.05, 0) is 49.6 Å². The van der Waals surface area contributed by atoms with Crippen LogP contribution in [0.25, 0.3) is 0 Å². The molecular formula is C16H24FN3O3S. The zero-order chi connectivity index (χ0) is 17.8. The Labute approximate surface area is 145 Å². The summed E-state index contributed by atoms with van der Waals surface area (Å²) in [5, 5.41) is 14.0. The van der Waals surface area contributed by atoms with Gasteiger partial charge in [-0.1, -0.05) is 0 Å². The van der Waals surface area contributed by atoms with E-state index in [4.69, 9.17) is 5.11 Å². The van der Waals surface area contributed by atoms with E-state index >= 15 is 0 Å². The summed E-state index contributed by atoms with van der Waals surface area (Å²) in [6, 6.07) is 2.79. The van der Waals surface area contributed by atoms with Gasteiger partial charge in [0.2, 0.25) is 5.95 Å². The number of thioether (sulfide) groups is 1. The standard InChI is InChI=1S/C16H24FN3O3S/c1-12(4-5-15(21)22)20-16(23)19-7-2-3-9-24-11-13-6-8-18-14(17)10-13/h6,8,10,12H,2-5,7,9,11H2,1H3,(H,21,22)(H2,19,20,23)/i17-1. The number of pyridine rings is 1. The lowest BCUT2D eigenvalue weighted by Crippen LogP contribution is -2.41. The number of halogens is 1. The number of nitrogens with zero attached hydrogens (tertiary/aromatic N) is 1. The zero-order valence-corrected chi connectivity index (χ0v) is 14.6. The van der Waals surface area contributed by atoms with E-state index in [0.717, 1.165) is 29.9 Å². The van der Waals surface area contributed by atoms with Gasteiger partial charge >= 0.3 is 12.0 Å². The maximum Gasteiger partial charge on any atom is 0.314 e. The summed E-state index contributed by atoms with van der Waals surface area (Å²) in [4.78, 5) is 25.5. The van der Waals surface area contributed by atoms with Crippen LogP contribution in [0.15, 0.2) is 18.3 Å². The molecule has 6 nitrogen and oxygen atoms in total. The molecule has 0 aliphatic heterocycles. The molecular weight excluding hydrogens is 332 g/mol. The van der Waals surface area contributed by atoms with Crippen LogP contribution in [0.1, 0.15) is 38.2 Å². The van der Waals surface area contributed by atoms with Crippen molar-refractivity contribution in [2.24, 2.45) is 0 Å². The minimum atomic E-state index is -0.865. The fraction of sp³-hybridized carbons (Fsp3) is 0.562. The van der Waals surface area contributed by atoms with E-state index in [1.54, 1.807) is 24.8 Å². The van der Waals surface area contributed by atoms with E-state index in [0.29, 0.717) is 13.0 Å². The summed E-state index contributed by atoms with van der Waals surface area (Å²) in [5.41, 5.74) is 0.917. The normalized spacial score (nSPS) is 11.8. The van der Waals surface area contributed by atoms with Gasteiger partial charge in [0, 0.05) is 31.0 Å². The predicted molar refractivity (Wildman–Crippen MR) is 92.5 cm³/mol. The number of amides is 2. The third-order valence-electron chi connectivity index (χ3n) is 3.23. The van der Waals surface area contributed by atoms with Gasteiger partial charge in [-0.25, -0.2) is 9.78 Å². The van der Waals surface area contributed by atoms with Crippen LogP contribution in [0.5, 0.6) is 0 Å². The Hall–Kier alpha value is -1.83. The van der Waals surface area contributed by atoms with Crippen LogP contribution >= 0.6 is 11.8 Å². The Morgan fingerprint density at radius 1 is 1.42 bits per heavy atom. The zero-order valence-electron chi connectivity index (χ0n) is 13.8. The SMILES string of the molecule is CC(CCC(=O)O)NC(=O)NCCCCSCc1ccnc([18F])c1. The number of carbonyl (C=O) groups is 2. The molecule has 24 heavy (non-hydrogen) atoms. The summed E-state index contributed by atoms with van der Waals surface area (Å²) in [6.45, 7) is 2.35. The van der Waals surface area contributed by atoms with Crippen molar-refractivity contribution in [2.45, 2.75) is 44.4 Å². The first-order valence-corrected chi connectivity index (χ1v) is 9.07. The molecule has 2 amide bonds. The van der Waals surface area contributed by atoms with Crippen molar-refractivity contribution in [2.75, 3.05) is 12.3 Å². The Balaban J connectivity index is 1.99. The van der Waals surface area contributed by atoms with Crippen LogP contribution in [0.3, 0.4) is 0 Å². The molecule has 0 bridgehead atoms. The van der Waals surface area contributed by atoms with Gasteiger partial charge in [0.15, 0.2) is 0 Å². The number of urea groups is 1. The molecule has 0 aromatic carbocycles. The second-order valence-corrected chi connectivity index (χ2v) is 6.59. The summed E-state index contributed by atoms with van der Waals surface area (Å²) >= 11 is 1.72. The molecule has 0 aliphatic carbocycles. The van der Waals surface area contributed by atoms with Gasteiger partial charge in [0.25, 0.3) is 0 Å². The fourth-order valence-electron chi connectivity index (χ4n) is 1.94. The first-order chi connectivity index (χ1) is 11.5. The summed E-state index contributed by atoms with van der Waals surface area (Å²) in [7, 11) is 0. The average Bonchev–Trinajstić information content (AvgIpc) is 2.52. The third-order valence-corrected chi connectivity index (χ3v) is 4.34. The molecule has 0 aliphatic rings. The lowest BCUT2D eigenvalue weighted by Gasteiger charge is -2.13. The second-order valence-electron chi connectivity index (χ2n) is 5.48. The summed E-state index contributed by atoms with van der Waals surface area (Å²) in [5.74, 6) is 0.355. The quantitative estimate of drug-likeness (QED) is 0.419. The Morgan fingerprint density at radius 3 is 2.92 bits per heavy atom. The number of carbonyl (C=O) groups excluding carboxylic acids is 1. The number of rotatable bonds is 11. The number of carboxylic acid groups (broad SMARTS) is 1. The van der Waals surface area contributed by atoms with Crippen molar-refractivity contribution in [1.29, 1.82) is 0 Å². The fourth-order valence-corrected chi connectivity index (χ4v) is 2.91. The van der Waals surface area contributed by atoms with Gasteiger partial charge < -0.3 is 15.7 Å². The Morgan fingerprint density at radius 2 is 2.21 bits per heavy atom. The van der Waals surface area contributed by atoms with Crippen LogP contribution in [0.4, 0.5) is 9.18 Å². The molecule has 1 aromatic heterocycles. The number of nitrogens with one attached hydrogen (secondary N) is 2. The first kappa shape index (κ1) is 20.2. The van der Waals surface area contributed by atoms with Crippen LogP contribution in [-0.4, -0.2) is 40.4 Å². The minimum absolute atomic E-state index is 0.0417. The van der Waals surface area contributed by atoms with Crippen molar-refractivity contribution in [3.8, 4) is 0 Å². The predicted octanol–water partition coefficient (Wildman–Crippen LogP) is 2.79. The molecule has 1 heterocycles. The largest absolute Gasteiger partial charge is 0.481 e. The van der Waals surface area contributed by atoms with E-state index in [2.05, 4.69) is 15.6 Å². The molecule has 0 saturated carbocycles. The van der Waals surface area contributed by atoms with E-state index in [1.807, 2.05) is 0 Å². The van der Waals surface area contributed by atoms with Crippen molar-refractivity contribution >= 4 is 23.8 Å². The topological polar surface area (TPSA) is 91.3 Å². The maximum absolute atomic E-state index is 12.9. The number of hydrogen-bond acceptors (Lipinski definition) is 4. The van der Waals surface area contributed by atoms with E-state index in [-0.39, 0.29) is 18.5 Å². The molecule has 0 radical (unpaired) electrons. The summed E-state index contributed by atoms with van der Waals surface area (Å²) in [6.07, 6.45) is 3.72.